The molecule has 120 valence electrons. The lowest BCUT2D eigenvalue weighted by Gasteiger charge is -2.17. The number of rotatable bonds is 4. The number of benzene rings is 1. The molecule has 1 aromatic rings. The monoisotopic (exact) mass is 390 g/mol. The summed E-state index contributed by atoms with van der Waals surface area (Å²) in [5.74, 6) is -1.92. The van der Waals surface area contributed by atoms with Gasteiger partial charge in [-0.15, -0.1) is 0 Å². The molecule has 1 aliphatic heterocycles. The Kier molecular flexibility index (Phi) is 4.88. The van der Waals surface area contributed by atoms with Gasteiger partial charge < -0.3 is 10.4 Å². The molecule has 1 saturated heterocycles. The maximum Gasteiger partial charge on any atom is 0.307 e. The molecule has 0 aliphatic carbocycles. The third kappa shape index (κ3) is 3.47. The number of carbonyl (C=O) groups is 2. The van der Waals surface area contributed by atoms with Gasteiger partial charge in [-0.1, -0.05) is 0 Å². The first-order valence-electron chi connectivity index (χ1n) is 6.52. The van der Waals surface area contributed by atoms with Crippen molar-refractivity contribution in [1.82, 2.24) is 4.31 Å². The van der Waals surface area contributed by atoms with E-state index in [1.165, 1.54) is 29.4 Å². The van der Waals surface area contributed by atoms with Crippen LogP contribution in [0.5, 0.6) is 0 Å². The molecule has 1 amide bonds. The number of sulfonamides is 1. The Labute approximate surface area is 136 Å². The first kappa shape index (κ1) is 16.9. The van der Waals surface area contributed by atoms with Crippen molar-refractivity contribution in [1.29, 1.82) is 0 Å². The van der Waals surface area contributed by atoms with Crippen LogP contribution in [0.4, 0.5) is 5.69 Å². The molecule has 1 unspecified atom stereocenters. The molecular weight excluding hydrogens is 376 g/mol. The van der Waals surface area contributed by atoms with Gasteiger partial charge in [0, 0.05) is 24.5 Å². The van der Waals surface area contributed by atoms with Crippen molar-refractivity contribution in [3.05, 3.63) is 22.7 Å². The molecule has 0 saturated carbocycles. The average molecular weight is 391 g/mol. The number of anilines is 1. The van der Waals surface area contributed by atoms with Crippen molar-refractivity contribution in [2.24, 2.45) is 5.92 Å². The third-order valence-corrected chi connectivity index (χ3v) is 5.91. The molecular formula is C13H15BrN2O5S. The van der Waals surface area contributed by atoms with Gasteiger partial charge in [-0.2, -0.15) is 4.31 Å². The van der Waals surface area contributed by atoms with Crippen molar-refractivity contribution >= 4 is 43.5 Å². The van der Waals surface area contributed by atoms with Gasteiger partial charge in [0.1, 0.15) is 0 Å². The number of carboxylic acids is 1. The van der Waals surface area contributed by atoms with Crippen molar-refractivity contribution < 1.29 is 23.1 Å². The zero-order valence-corrected chi connectivity index (χ0v) is 14.1. The molecule has 1 aromatic carbocycles. The van der Waals surface area contributed by atoms with E-state index in [1.54, 1.807) is 0 Å². The fourth-order valence-electron chi connectivity index (χ4n) is 2.24. The van der Waals surface area contributed by atoms with Gasteiger partial charge in [0.25, 0.3) is 0 Å². The van der Waals surface area contributed by atoms with Crippen LogP contribution >= 0.6 is 15.9 Å². The summed E-state index contributed by atoms with van der Waals surface area (Å²) in [6, 6.07) is 4.28. The topological polar surface area (TPSA) is 104 Å². The highest BCUT2D eigenvalue weighted by Crippen LogP contribution is 2.29. The van der Waals surface area contributed by atoms with Gasteiger partial charge in [-0.05, 0) is 40.5 Å². The zero-order valence-electron chi connectivity index (χ0n) is 11.7. The van der Waals surface area contributed by atoms with E-state index in [2.05, 4.69) is 21.2 Å². The number of nitrogens with one attached hydrogen (secondary N) is 1. The molecule has 1 heterocycles. The Morgan fingerprint density at radius 3 is 2.59 bits per heavy atom. The lowest BCUT2D eigenvalue weighted by molar-refractivity contribution is -0.141. The van der Waals surface area contributed by atoms with Crippen LogP contribution in [0, 0.1) is 5.92 Å². The summed E-state index contributed by atoms with van der Waals surface area (Å²) < 4.78 is 26.6. The summed E-state index contributed by atoms with van der Waals surface area (Å²) in [6.07, 6.45) is 0.305. The van der Waals surface area contributed by atoms with Crippen molar-refractivity contribution in [3.63, 3.8) is 0 Å². The summed E-state index contributed by atoms with van der Waals surface area (Å²) in [4.78, 5) is 22.0. The number of carboxylic acid groups (broad SMARTS) is 1. The van der Waals surface area contributed by atoms with E-state index in [1.807, 2.05) is 0 Å². The molecule has 0 radical (unpaired) electrons. The highest BCUT2D eigenvalue weighted by molar-refractivity contribution is 9.10. The molecule has 1 atom stereocenters. The number of amides is 1. The minimum Gasteiger partial charge on any atom is -0.481 e. The minimum atomic E-state index is -3.75. The molecule has 0 bridgehead atoms. The molecule has 9 heteroatoms. The number of hydrogen-bond donors (Lipinski definition) is 2. The first-order valence-corrected chi connectivity index (χ1v) is 8.75. The lowest BCUT2D eigenvalue weighted by Crippen LogP contribution is -2.30. The van der Waals surface area contributed by atoms with Crippen molar-refractivity contribution in [3.8, 4) is 0 Å². The van der Waals surface area contributed by atoms with E-state index in [4.69, 9.17) is 5.11 Å². The fourth-order valence-corrected chi connectivity index (χ4v) is 4.40. The Morgan fingerprint density at radius 2 is 2.09 bits per heavy atom. The van der Waals surface area contributed by atoms with E-state index in [-0.39, 0.29) is 23.9 Å². The summed E-state index contributed by atoms with van der Waals surface area (Å²) in [6.45, 7) is 1.51. The zero-order chi connectivity index (χ0) is 16.5. The minimum absolute atomic E-state index is 0.0251. The fraction of sp³-hybridized carbons (Fsp3) is 0.385. The predicted molar refractivity (Wildman–Crippen MR) is 82.9 cm³/mol. The van der Waals surface area contributed by atoms with E-state index in [9.17, 15) is 18.0 Å². The van der Waals surface area contributed by atoms with Crippen LogP contribution in [0.1, 0.15) is 13.3 Å². The molecule has 7 nitrogen and oxygen atoms in total. The van der Waals surface area contributed by atoms with E-state index in [0.29, 0.717) is 16.6 Å². The van der Waals surface area contributed by atoms with Crippen molar-refractivity contribution in [2.75, 3.05) is 18.4 Å². The Morgan fingerprint density at radius 1 is 1.41 bits per heavy atom. The number of aliphatic carboxylic acids is 1. The largest absolute Gasteiger partial charge is 0.481 e. The van der Waals surface area contributed by atoms with Gasteiger partial charge in [-0.3, -0.25) is 9.59 Å². The van der Waals surface area contributed by atoms with Crippen LogP contribution in [0.25, 0.3) is 0 Å². The second-order valence-electron chi connectivity index (χ2n) is 5.01. The summed E-state index contributed by atoms with van der Waals surface area (Å²) in [5, 5.41) is 11.5. The Balaban J connectivity index is 2.25. The van der Waals surface area contributed by atoms with Crippen LogP contribution in [-0.2, 0) is 19.6 Å². The molecule has 22 heavy (non-hydrogen) atoms. The van der Waals surface area contributed by atoms with E-state index >= 15 is 0 Å². The second-order valence-corrected chi connectivity index (χ2v) is 7.80. The Hall–Kier alpha value is -1.45. The quantitative estimate of drug-likeness (QED) is 0.810. The van der Waals surface area contributed by atoms with Gasteiger partial charge in [-0.25, -0.2) is 8.42 Å². The number of hydrogen-bond acceptors (Lipinski definition) is 4. The maximum absolute atomic E-state index is 12.5. The van der Waals surface area contributed by atoms with Crippen LogP contribution in [0.3, 0.4) is 0 Å². The van der Waals surface area contributed by atoms with Gasteiger partial charge in [0.05, 0.1) is 16.5 Å². The molecule has 1 aliphatic rings. The first-order chi connectivity index (χ1) is 10.2. The van der Waals surface area contributed by atoms with Crippen LogP contribution in [0.2, 0.25) is 0 Å². The maximum atomic E-state index is 12.5. The number of halogens is 1. The summed E-state index contributed by atoms with van der Waals surface area (Å²) >= 11 is 3.22. The third-order valence-electron chi connectivity index (χ3n) is 3.39. The van der Waals surface area contributed by atoms with E-state index < -0.39 is 21.9 Å². The molecule has 2 rings (SSSR count). The van der Waals surface area contributed by atoms with E-state index in [0.717, 1.165) is 0 Å². The lowest BCUT2D eigenvalue weighted by atomic mass is 10.1. The smallest absolute Gasteiger partial charge is 0.307 e. The van der Waals surface area contributed by atoms with Gasteiger partial charge in [0.15, 0.2) is 0 Å². The van der Waals surface area contributed by atoms with Crippen LogP contribution < -0.4 is 5.32 Å². The summed E-state index contributed by atoms with van der Waals surface area (Å²) in [5.41, 5.74) is 0.469. The standard InChI is InChI=1S/C13H15BrN2O5S/c1-8(17)15-12-3-2-10(6-11(12)14)22(20,21)16-5-4-9(7-16)13(18)19/h2-3,6,9H,4-5,7H2,1H3,(H,15,17)(H,18,19). The average Bonchev–Trinajstić information content (AvgIpc) is 2.91. The van der Waals surface area contributed by atoms with Crippen LogP contribution in [0.15, 0.2) is 27.6 Å². The number of nitrogens with zero attached hydrogens (tertiary/aromatic N) is 1. The summed E-state index contributed by atoms with van der Waals surface area (Å²) in [7, 11) is -3.75. The van der Waals surface area contributed by atoms with Crippen LogP contribution in [-0.4, -0.2) is 42.8 Å². The molecule has 0 spiro atoms. The predicted octanol–water partition coefficient (Wildman–Crippen LogP) is 1.50. The molecule has 2 N–H and O–H groups in total. The highest BCUT2D eigenvalue weighted by Gasteiger charge is 2.35. The van der Waals surface area contributed by atoms with Gasteiger partial charge >= 0.3 is 5.97 Å². The second kappa shape index (κ2) is 6.35. The SMILES string of the molecule is CC(=O)Nc1ccc(S(=O)(=O)N2CCC(C(=O)O)C2)cc1Br. The highest BCUT2D eigenvalue weighted by atomic mass is 79.9. The number of carbonyl (C=O) groups excluding carboxylic acids is 1. The molecule has 0 aromatic heterocycles. The van der Waals surface area contributed by atoms with Gasteiger partial charge in [0.2, 0.25) is 15.9 Å². The Bertz CT molecular complexity index is 719. The van der Waals surface area contributed by atoms with Crippen molar-refractivity contribution in [2.45, 2.75) is 18.2 Å². The normalized spacial score (nSPS) is 19.1. The molecule has 1 fully saturated rings.